The molecule has 1 atom stereocenters. The molecule has 0 aromatic rings. The number of amides is 2. The van der Waals surface area contributed by atoms with Crippen molar-refractivity contribution < 1.29 is 19.4 Å². The number of likely N-dealkylation sites (tertiary alicyclic amines) is 1. The summed E-state index contributed by atoms with van der Waals surface area (Å²) in [4.78, 5) is 25.3. The molecule has 1 spiro atoms. The van der Waals surface area contributed by atoms with Crippen molar-refractivity contribution in [1.82, 2.24) is 4.90 Å². The van der Waals surface area contributed by atoms with E-state index in [4.69, 9.17) is 4.74 Å². The number of rotatable bonds is 4. The van der Waals surface area contributed by atoms with Gasteiger partial charge in [-0.15, -0.1) is 0 Å². The van der Waals surface area contributed by atoms with Gasteiger partial charge in [0.25, 0.3) is 0 Å². The average molecular weight is 241 g/mol. The first kappa shape index (κ1) is 12.5. The number of carbonyl (C=O) groups excluding carboxylic acids is 2. The second-order valence-corrected chi connectivity index (χ2v) is 5.08. The summed E-state index contributed by atoms with van der Waals surface area (Å²) < 4.78 is 4.80. The van der Waals surface area contributed by atoms with Crippen molar-refractivity contribution in [2.45, 2.75) is 38.2 Å². The lowest BCUT2D eigenvalue weighted by molar-refractivity contribution is -0.143. The third kappa shape index (κ3) is 2.21. The Kier molecular flexibility index (Phi) is 3.49. The predicted molar refractivity (Wildman–Crippen MR) is 60.1 cm³/mol. The smallest absolute Gasteiger partial charge is 0.235 e. The molecule has 1 aliphatic carbocycles. The Labute approximate surface area is 101 Å². The highest BCUT2D eigenvalue weighted by molar-refractivity contribution is 6.06. The normalized spacial score (nSPS) is 24.9. The summed E-state index contributed by atoms with van der Waals surface area (Å²) in [5.74, 6) is -0.234. The molecule has 96 valence electrons. The molecule has 1 unspecified atom stereocenters. The van der Waals surface area contributed by atoms with Gasteiger partial charge in [0.2, 0.25) is 11.8 Å². The van der Waals surface area contributed by atoms with E-state index < -0.39 is 11.5 Å². The lowest BCUT2D eigenvalue weighted by Gasteiger charge is -2.22. The van der Waals surface area contributed by atoms with Crippen LogP contribution in [0.4, 0.5) is 0 Å². The van der Waals surface area contributed by atoms with Gasteiger partial charge in [0.05, 0.1) is 24.7 Å². The summed E-state index contributed by atoms with van der Waals surface area (Å²) in [6, 6.07) is 0. The number of imide groups is 1. The fraction of sp³-hybridized carbons (Fsp3) is 0.833. The minimum Gasteiger partial charge on any atom is -0.389 e. The number of β-amino-alcohol motifs (C(OH)–C–C–N with tert-alkyl or cyclic N) is 1. The van der Waals surface area contributed by atoms with Crippen molar-refractivity contribution >= 4 is 11.8 Å². The van der Waals surface area contributed by atoms with Crippen molar-refractivity contribution in [2.75, 3.05) is 20.3 Å². The van der Waals surface area contributed by atoms with Crippen LogP contribution in [0.3, 0.4) is 0 Å². The average Bonchev–Trinajstić information content (AvgIpc) is 2.82. The van der Waals surface area contributed by atoms with Gasteiger partial charge in [-0.25, -0.2) is 0 Å². The molecule has 1 saturated heterocycles. The molecule has 0 radical (unpaired) electrons. The van der Waals surface area contributed by atoms with E-state index in [0.717, 1.165) is 25.7 Å². The molecule has 1 N–H and O–H groups in total. The van der Waals surface area contributed by atoms with Gasteiger partial charge in [0.1, 0.15) is 0 Å². The van der Waals surface area contributed by atoms with E-state index in [-0.39, 0.29) is 25.0 Å². The van der Waals surface area contributed by atoms with Gasteiger partial charge in [-0.05, 0) is 12.8 Å². The molecule has 2 amide bonds. The summed E-state index contributed by atoms with van der Waals surface area (Å²) >= 11 is 0. The number of aliphatic hydroxyl groups excluding tert-OH is 1. The second kappa shape index (κ2) is 4.74. The first-order valence-corrected chi connectivity index (χ1v) is 6.11. The number of methoxy groups -OCH3 is 1. The van der Waals surface area contributed by atoms with E-state index in [0.29, 0.717) is 6.42 Å². The highest BCUT2D eigenvalue weighted by atomic mass is 16.5. The van der Waals surface area contributed by atoms with Crippen LogP contribution in [-0.2, 0) is 14.3 Å². The summed E-state index contributed by atoms with van der Waals surface area (Å²) in [6.45, 7) is 0.206. The third-order valence-electron chi connectivity index (χ3n) is 3.80. The van der Waals surface area contributed by atoms with Crippen molar-refractivity contribution in [1.29, 1.82) is 0 Å². The van der Waals surface area contributed by atoms with E-state index in [1.165, 1.54) is 12.0 Å². The second-order valence-electron chi connectivity index (χ2n) is 5.08. The number of nitrogens with zero attached hydrogens (tertiary/aromatic N) is 1. The van der Waals surface area contributed by atoms with Crippen LogP contribution in [0.25, 0.3) is 0 Å². The zero-order valence-electron chi connectivity index (χ0n) is 10.1. The van der Waals surface area contributed by atoms with E-state index >= 15 is 0 Å². The molecule has 2 fully saturated rings. The standard InChI is InChI=1S/C12H19NO4/c1-17-8-9(14)7-13-10(15)6-12(11(13)16)4-2-3-5-12/h9,14H,2-8H2,1H3. The van der Waals surface area contributed by atoms with Gasteiger partial charge in [0, 0.05) is 13.5 Å². The molecule has 2 aliphatic rings. The number of carbonyl (C=O) groups is 2. The third-order valence-corrected chi connectivity index (χ3v) is 3.80. The quantitative estimate of drug-likeness (QED) is 0.719. The topological polar surface area (TPSA) is 66.8 Å². The minimum absolute atomic E-state index is 0.0628. The molecule has 5 nitrogen and oxygen atoms in total. The number of hydrogen-bond acceptors (Lipinski definition) is 4. The number of aliphatic hydroxyl groups is 1. The highest BCUT2D eigenvalue weighted by Gasteiger charge is 2.52. The van der Waals surface area contributed by atoms with E-state index in [2.05, 4.69) is 0 Å². The van der Waals surface area contributed by atoms with Gasteiger partial charge in [-0.1, -0.05) is 12.8 Å². The highest BCUT2D eigenvalue weighted by Crippen LogP contribution is 2.46. The molecular formula is C12H19NO4. The van der Waals surface area contributed by atoms with Crippen LogP contribution in [0, 0.1) is 5.41 Å². The van der Waals surface area contributed by atoms with Crippen molar-refractivity contribution in [3.05, 3.63) is 0 Å². The molecule has 17 heavy (non-hydrogen) atoms. The van der Waals surface area contributed by atoms with E-state index in [9.17, 15) is 14.7 Å². The van der Waals surface area contributed by atoms with Gasteiger partial charge in [-0.2, -0.15) is 0 Å². The summed E-state index contributed by atoms with van der Waals surface area (Å²) in [5, 5.41) is 9.61. The van der Waals surface area contributed by atoms with Crippen LogP contribution in [0.5, 0.6) is 0 Å². The fourth-order valence-electron chi connectivity index (χ4n) is 2.94. The zero-order chi connectivity index (χ0) is 12.5. The first-order chi connectivity index (χ1) is 8.09. The molecule has 1 heterocycles. The Balaban J connectivity index is 2.04. The SMILES string of the molecule is COCC(O)CN1C(=O)CC2(CCCC2)C1=O. The van der Waals surface area contributed by atoms with Crippen LogP contribution in [0.1, 0.15) is 32.1 Å². The van der Waals surface area contributed by atoms with Gasteiger partial charge < -0.3 is 9.84 Å². The van der Waals surface area contributed by atoms with Crippen molar-refractivity contribution in [2.24, 2.45) is 5.41 Å². The van der Waals surface area contributed by atoms with Crippen LogP contribution in [-0.4, -0.2) is 48.2 Å². The maximum absolute atomic E-state index is 12.2. The first-order valence-electron chi connectivity index (χ1n) is 6.11. The van der Waals surface area contributed by atoms with Crippen LogP contribution in [0.15, 0.2) is 0 Å². The molecule has 1 saturated carbocycles. The molecule has 5 heteroatoms. The molecule has 0 bridgehead atoms. The Hall–Kier alpha value is -0.940. The van der Waals surface area contributed by atoms with Gasteiger partial charge in [-0.3, -0.25) is 14.5 Å². The summed E-state index contributed by atoms with van der Waals surface area (Å²) in [6.07, 6.45) is 3.21. The summed E-state index contributed by atoms with van der Waals surface area (Å²) in [7, 11) is 1.48. The largest absolute Gasteiger partial charge is 0.389 e. The summed E-state index contributed by atoms with van der Waals surface area (Å²) in [5.41, 5.74) is -0.441. The van der Waals surface area contributed by atoms with Crippen LogP contribution < -0.4 is 0 Å². The van der Waals surface area contributed by atoms with E-state index in [1.807, 2.05) is 0 Å². The maximum Gasteiger partial charge on any atom is 0.235 e. The van der Waals surface area contributed by atoms with Gasteiger partial charge in [0.15, 0.2) is 0 Å². The molecule has 0 aromatic heterocycles. The maximum atomic E-state index is 12.2. The Morgan fingerprint density at radius 2 is 2.06 bits per heavy atom. The Morgan fingerprint density at radius 1 is 1.41 bits per heavy atom. The van der Waals surface area contributed by atoms with Crippen molar-refractivity contribution in [3.63, 3.8) is 0 Å². The van der Waals surface area contributed by atoms with Crippen LogP contribution >= 0.6 is 0 Å². The number of hydrogen-bond donors (Lipinski definition) is 1. The predicted octanol–water partition coefficient (Wildman–Crippen LogP) is 0.313. The van der Waals surface area contributed by atoms with Crippen LogP contribution in [0.2, 0.25) is 0 Å². The lowest BCUT2D eigenvalue weighted by atomic mass is 9.84. The van der Waals surface area contributed by atoms with Gasteiger partial charge >= 0.3 is 0 Å². The van der Waals surface area contributed by atoms with Crippen molar-refractivity contribution in [3.8, 4) is 0 Å². The number of ether oxygens (including phenoxy) is 1. The zero-order valence-corrected chi connectivity index (χ0v) is 10.1. The van der Waals surface area contributed by atoms with E-state index in [1.54, 1.807) is 0 Å². The molecule has 0 aromatic carbocycles. The molecule has 1 aliphatic heterocycles. The molecular weight excluding hydrogens is 222 g/mol. The fourth-order valence-corrected chi connectivity index (χ4v) is 2.94. The lowest BCUT2D eigenvalue weighted by Crippen LogP contribution is -2.40. The Morgan fingerprint density at radius 3 is 2.65 bits per heavy atom. The minimum atomic E-state index is -0.788. The molecule has 2 rings (SSSR count). The monoisotopic (exact) mass is 241 g/mol. The Bertz CT molecular complexity index is 322.